The van der Waals surface area contributed by atoms with Crippen molar-refractivity contribution in [2.24, 2.45) is 0 Å². The van der Waals surface area contributed by atoms with E-state index in [0.717, 1.165) is 49.9 Å². The Labute approximate surface area is 245 Å². The topological polar surface area (TPSA) is 43.9 Å². The second kappa shape index (κ2) is 9.40. The van der Waals surface area contributed by atoms with Crippen LogP contribution in [0.25, 0.3) is 60.3 Å². The van der Waals surface area contributed by atoms with E-state index in [9.17, 15) is 0 Å². The van der Waals surface area contributed by atoms with Gasteiger partial charge in [-0.15, -0.1) is 11.3 Å². The summed E-state index contributed by atoms with van der Waals surface area (Å²) in [5, 5.41) is 2.21. The Hall–Kier alpha value is -3.74. The molecule has 6 heteroatoms. The van der Waals surface area contributed by atoms with E-state index in [4.69, 9.17) is 14.4 Å². The first-order valence-electron chi connectivity index (χ1n) is 14.5. The first kappa shape index (κ1) is 26.2. The number of furan rings is 1. The van der Waals surface area contributed by atoms with Crippen LogP contribution < -0.4 is 4.63 Å². The van der Waals surface area contributed by atoms with Crippen molar-refractivity contribution in [1.82, 2.24) is 14.5 Å². The number of thiazole rings is 1. The molecule has 0 N–H and O–H groups in total. The lowest BCUT2D eigenvalue weighted by molar-refractivity contribution is 0.672. The Balaban J connectivity index is 1.58. The van der Waals surface area contributed by atoms with Crippen molar-refractivity contribution >= 4 is 67.2 Å². The van der Waals surface area contributed by atoms with Crippen molar-refractivity contribution in [1.29, 1.82) is 0 Å². The molecule has 0 fully saturated rings. The van der Waals surface area contributed by atoms with Crippen LogP contribution in [-0.4, -0.2) is 22.6 Å². The molecular weight excluding hydrogens is 539 g/mol. The average Bonchev–Trinajstić information content (AvgIpc) is 3.65. The monoisotopic (exact) mass is 573 g/mol. The number of hydrogen-bond acceptors (Lipinski definition) is 4. The van der Waals surface area contributed by atoms with Crippen LogP contribution in [0.5, 0.6) is 0 Å². The molecule has 7 aromatic rings. The highest BCUT2D eigenvalue weighted by Crippen LogP contribution is 2.42. The third-order valence-corrected chi connectivity index (χ3v) is 12.4. The van der Waals surface area contributed by atoms with Gasteiger partial charge in [-0.25, -0.2) is 9.97 Å². The molecule has 0 bridgehead atoms. The molecule has 3 aromatic heterocycles. The van der Waals surface area contributed by atoms with Crippen LogP contribution >= 0.6 is 11.3 Å². The lowest BCUT2D eigenvalue weighted by atomic mass is 9.92. The van der Waals surface area contributed by atoms with E-state index in [0.29, 0.717) is 11.8 Å². The standard InChI is InChI=1S/C35H35N3OSSi/c1-20(2)22-12-10-13-23(21(3)4)31(22)38-28-17-9-8-16-27(28)36-34(38)26-15-11-14-24-25-18-19-29-30(33(25)39-32(24)26)37-35(40-29)41(5,6)7/h8-21H,1-7H3. The fourth-order valence-electron chi connectivity index (χ4n) is 5.95. The van der Waals surface area contributed by atoms with E-state index in [2.05, 4.69) is 125 Å². The molecule has 0 radical (unpaired) electrons. The first-order valence-corrected chi connectivity index (χ1v) is 18.8. The minimum absolute atomic E-state index is 0.359. The molecule has 3 heterocycles. The maximum absolute atomic E-state index is 6.83. The number of nitrogens with zero attached hydrogens (tertiary/aromatic N) is 3. The van der Waals surface area contributed by atoms with Crippen molar-refractivity contribution in [3.8, 4) is 17.1 Å². The number of benzene rings is 4. The molecule has 41 heavy (non-hydrogen) atoms. The quantitative estimate of drug-likeness (QED) is 0.192. The van der Waals surface area contributed by atoms with Gasteiger partial charge in [0.25, 0.3) is 0 Å². The number of hydrogen-bond donors (Lipinski definition) is 0. The fourth-order valence-corrected chi connectivity index (χ4v) is 8.66. The second-order valence-electron chi connectivity index (χ2n) is 12.7. The molecule has 0 atom stereocenters. The zero-order valence-corrected chi connectivity index (χ0v) is 26.6. The van der Waals surface area contributed by atoms with Crippen molar-refractivity contribution < 1.29 is 4.42 Å². The average molecular weight is 574 g/mol. The van der Waals surface area contributed by atoms with Gasteiger partial charge in [-0.1, -0.05) is 89.8 Å². The molecule has 0 saturated carbocycles. The van der Waals surface area contributed by atoms with Gasteiger partial charge in [-0.05, 0) is 53.3 Å². The highest BCUT2D eigenvalue weighted by Gasteiger charge is 2.26. The number of rotatable bonds is 5. The van der Waals surface area contributed by atoms with Gasteiger partial charge in [-0.3, -0.25) is 4.57 Å². The highest BCUT2D eigenvalue weighted by molar-refractivity contribution is 7.30. The molecule has 0 amide bonds. The van der Waals surface area contributed by atoms with Gasteiger partial charge in [0.1, 0.15) is 25.0 Å². The smallest absolute Gasteiger partial charge is 0.162 e. The molecule has 0 aliphatic carbocycles. The van der Waals surface area contributed by atoms with Crippen LogP contribution in [0.4, 0.5) is 0 Å². The van der Waals surface area contributed by atoms with E-state index < -0.39 is 8.07 Å². The maximum atomic E-state index is 6.83. The van der Waals surface area contributed by atoms with E-state index in [-0.39, 0.29) is 0 Å². The van der Waals surface area contributed by atoms with Crippen LogP contribution in [-0.2, 0) is 0 Å². The van der Waals surface area contributed by atoms with E-state index in [1.807, 2.05) is 11.3 Å². The normalized spacial score (nSPS) is 12.7. The molecule has 0 unspecified atom stereocenters. The molecule has 7 rings (SSSR count). The minimum Gasteiger partial charge on any atom is -0.453 e. The van der Waals surface area contributed by atoms with Crippen LogP contribution in [0, 0.1) is 0 Å². The van der Waals surface area contributed by atoms with Gasteiger partial charge in [-0.2, -0.15) is 0 Å². The highest BCUT2D eigenvalue weighted by atomic mass is 32.1. The Morgan fingerprint density at radius 3 is 2.12 bits per heavy atom. The van der Waals surface area contributed by atoms with Gasteiger partial charge < -0.3 is 4.42 Å². The molecule has 4 nitrogen and oxygen atoms in total. The third kappa shape index (κ3) is 4.07. The maximum Gasteiger partial charge on any atom is 0.162 e. The van der Waals surface area contributed by atoms with E-state index in [1.165, 1.54) is 26.1 Å². The van der Waals surface area contributed by atoms with Gasteiger partial charge >= 0.3 is 0 Å². The van der Waals surface area contributed by atoms with Crippen molar-refractivity contribution in [2.45, 2.75) is 59.2 Å². The van der Waals surface area contributed by atoms with Crippen LogP contribution in [0.1, 0.15) is 50.7 Å². The van der Waals surface area contributed by atoms with Crippen LogP contribution in [0.3, 0.4) is 0 Å². The first-order chi connectivity index (χ1) is 19.6. The summed E-state index contributed by atoms with van der Waals surface area (Å²) in [5.41, 5.74) is 9.67. The number of imidazole rings is 1. The fraction of sp³-hybridized carbons (Fsp3) is 0.257. The van der Waals surface area contributed by atoms with Crippen molar-refractivity contribution in [3.05, 3.63) is 83.9 Å². The summed E-state index contributed by atoms with van der Waals surface area (Å²) in [4.78, 5) is 10.4. The number of para-hydroxylation sites is 4. The van der Waals surface area contributed by atoms with Gasteiger partial charge in [0.15, 0.2) is 5.58 Å². The van der Waals surface area contributed by atoms with Crippen molar-refractivity contribution in [3.63, 3.8) is 0 Å². The summed E-state index contributed by atoms with van der Waals surface area (Å²) in [5.74, 6) is 1.62. The lowest BCUT2D eigenvalue weighted by Gasteiger charge is -2.22. The lowest BCUT2D eigenvalue weighted by Crippen LogP contribution is -2.36. The van der Waals surface area contributed by atoms with Gasteiger partial charge in [0.05, 0.1) is 31.6 Å². The Morgan fingerprint density at radius 1 is 0.732 bits per heavy atom. The molecular formula is C35H35N3OSSi. The molecule has 206 valence electrons. The van der Waals surface area contributed by atoms with Gasteiger partial charge in [0, 0.05) is 10.8 Å². The summed E-state index contributed by atoms with van der Waals surface area (Å²) in [6.07, 6.45) is 0. The van der Waals surface area contributed by atoms with Crippen LogP contribution in [0.15, 0.2) is 77.2 Å². The van der Waals surface area contributed by atoms with E-state index >= 15 is 0 Å². The summed E-state index contributed by atoms with van der Waals surface area (Å²) >= 11 is 1.81. The predicted octanol–water partition coefficient (Wildman–Crippen LogP) is 9.99. The Kier molecular flexibility index (Phi) is 6.00. The van der Waals surface area contributed by atoms with Gasteiger partial charge in [0.2, 0.25) is 0 Å². The zero-order valence-electron chi connectivity index (χ0n) is 24.7. The molecule has 0 aliphatic heterocycles. The minimum atomic E-state index is -1.55. The Morgan fingerprint density at radius 2 is 1.41 bits per heavy atom. The molecule has 0 spiro atoms. The van der Waals surface area contributed by atoms with Crippen LogP contribution in [0.2, 0.25) is 19.6 Å². The SMILES string of the molecule is CC(C)c1cccc(C(C)C)c1-n1c(-c2cccc3c2oc2c3ccc3sc([Si](C)(C)C)nc32)nc2ccccc21. The molecule has 0 aliphatic rings. The molecule has 4 aromatic carbocycles. The van der Waals surface area contributed by atoms with Crippen molar-refractivity contribution in [2.75, 3.05) is 0 Å². The zero-order chi connectivity index (χ0) is 28.6. The summed E-state index contributed by atoms with van der Waals surface area (Å²) < 4.78 is 11.7. The second-order valence-corrected chi connectivity index (χ2v) is 19.1. The third-order valence-electron chi connectivity index (χ3n) is 8.03. The Bertz CT molecular complexity index is 2080. The number of fused-ring (bicyclic) bond motifs is 6. The summed E-state index contributed by atoms with van der Waals surface area (Å²) in [6, 6.07) is 26.1. The van der Waals surface area contributed by atoms with E-state index in [1.54, 1.807) is 0 Å². The largest absolute Gasteiger partial charge is 0.453 e. The summed E-state index contributed by atoms with van der Waals surface area (Å²) in [6.45, 7) is 16.1. The number of aromatic nitrogens is 3. The molecule has 0 saturated heterocycles. The predicted molar refractivity (Wildman–Crippen MR) is 178 cm³/mol. The summed E-state index contributed by atoms with van der Waals surface area (Å²) in [7, 11) is -1.55.